The van der Waals surface area contributed by atoms with E-state index >= 15 is 0 Å². The largest absolute Gasteiger partial charge is 0.378 e. The first-order valence-corrected chi connectivity index (χ1v) is 11.4. The number of nitrogens with two attached hydrogens (primary N) is 1. The van der Waals surface area contributed by atoms with Gasteiger partial charge in [-0.15, -0.1) is 0 Å². The average Bonchev–Trinajstić information content (AvgIpc) is 3.29. The van der Waals surface area contributed by atoms with Crippen LogP contribution in [-0.4, -0.2) is 86.6 Å². The molecule has 1 aromatic rings. The first-order valence-electron chi connectivity index (χ1n) is 11.4. The maximum Gasteiger partial charge on any atom is 0.222 e. The lowest BCUT2D eigenvalue weighted by molar-refractivity contribution is -0.130. The Morgan fingerprint density at radius 3 is 2.48 bits per heavy atom. The summed E-state index contributed by atoms with van der Waals surface area (Å²) >= 11 is 0. The number of amides is 2. The van der Waals surface area contributed by atoms with E-state index in [1.807, 2.05) is 17.3 Å². The van der Waals surface area contributed by atoms with Crippen LogP contribution in [0.5, 0.6) is 0 Å². The highest BCUT2D eigenvalue weighted by Gasteiger charge is 2.33. The molecule has 3 aliphatic rings. The summed E-state index contributed by atoms with van der Waals surface area (Å²) in [7, 11) is 3.25. The maximum atomic E-state index is 11.3. The van der Waals surface area contributed by atoms with Crippen LogP contribution in [0.2, 0.25) is 0 Å². The molecule has 31 heavy (non-hydrogen) atoms. The zero-order chi connectivity index (χ0) is 22.6. The number of likely N-dealkylation sites (tertiary alicyclic amines) is 2. The Balaban J connectivity index is 0.000000226. The van der Waals surface area contributed by atoms with E-state index in [9.17, 15) is 9.59 Å². The van der Waals surface area contributed by atoms with Crippen LogP contribution in [0.3, 0.4) is 0 Å². The molecule has 2 N–H and O–H groups in total. The molecule has 3 saturated heterocycles. The number of nitrogens with zero attached hydrogens (tertiary/aromatic N) is 4. The molecular weight excluding hydrogens is 394 g/mol. The molecule has 0 aromatic carbocycles. The van der Waals surface area contributed by atoms with Crippen LogP contribution in [0.1, 0.15) is 50.5 Å². The van der Waals surface area contributed by atoms with Gasteiger partial charge in [0, 0.05) is 82.4 Å². The number of anilines is 1. The zero-order valence-electron chi connectivity index (χ0n) is 19.3. The van der Waals surface area contributed by atoms with Gasteiger partial charge >= 0.3 is 0 Å². The second-order valence-electron chi connectivity index (χ2n) is 8.14. The SMILES string of the molecule is CCCCC(=O)N1CCCC1.CN.COC1CN(c2ccncc2C2CN(C=O)C2)C1. The lowest BCUT2D eigenvalue weighted by Gasteiger charge is -2.43. The van der Waals surface area contributed by atoms with Crippen LogP contribution < -0.4 is 10.6 Å². The Morgan fingerprint density at radius 1 is 1.23 bits per heavy atom. The number of pyridine rings is 1. The van der Waals surface area contributed by atoms with Crippen molar-refractivity contribution in [2.45, 2.75) is 51.0 Å². The van der Waals surface area contributed by atoms with Crippen LogP contribution in [0.4, 0.5) is 5.69 Å². The number of rotatable bonds is 7. The summed E-state index contributed by atoms with van der Waals surface area (Å²) in [6.45, 7) is 7.63. The number of carbonyl (C=O) groups excluding carboxylic acids is 2. The summed E-state index contributed by atoms with van der Waals surface area (Å²) in [5.41, 5.74) is 7.00. The van der Waals surface area contributed by atoms with Gasteiger partial charge in [-0.2, -0.15) is 0 Å². The quantitative estimate of drug-likeness (QED) is 0.660. The second-order valence-corrected chi connectivity index (χ2v) is 8.14. The van der Waals surface area contributed by atoms with Gasteiger partial charge in [0.05, 0.1) is 6.10 Å². The van der Waals surface area contributed by atoms with Gasteiger partial charge in [0.25, 0.3) is 0 Å². The minimum absolute atomic E-state index is 0.346. The van der Waals surface area contributed by atoms with Crippen molar-refractivity contribution in [3.05, 3.63) is 24.0 Å². The molecule has 3 fully saturated rings. The second kappa shape index (κ2) is 13.3. The Bertz CT molecular complexity index is 669. The van der Waals surface area contributed by atoms with Gasteiger partial charge < -0.3 is 25.2 Å². The molecule has 0 radical (unpaired) electrons. The summed E-state index contributed by atoms with van der Waals surface area (Å²) in [6.07, 6.45) is 10.4. The molecule has 0 atom stereocenters. The Hall–Kier alpha value is -2.19. The fourth-order valence-electron chi connectivity index (χ4n) is 4.03. The summed E-state index contributed by atoms with van der Waals surface area (Å²) < 4.78 is 5.30. The zero-order valence-corrected chi connectivity index (χ0v) is 19.3. The highest BCUT2D eigenvalue weighted by molar-refractivity contribution is 5.76. The highest BCUT2D eigenvalue weighted by atomic mass is 16.5. The number of aromatic nitrogens is 1. The van der Waals surface area contributed by atoms with Crippen molar-refractivity contribution in [2.24, 2.45) is 5.73 Å². The first-order chi connectivity index (χ1) is 15.2. The molecule has 0 aliphatic carbocycles. The summed E-state index contributed by atoms with van der Waals surface area (Å²) in [5, 5.41) is 0. The number of hydrogen-bond donors (Lipinski definition) is 1. The summed E-state index contributed by atoms with van der Waals surface area (Å²) in [5.74, 6) is 0.796. The first kappa shape index (κ1) is 25.1. The average molecular weight is 434 g/mol. The van der Waals surface area contributed by atoms with Crippen molar-refractivity contribution in [1.29, 1.82) is 0 Å². The maximum absolute atomic E-state index is 11.3. The smallest absolute Gasteiger partial charge is 0.222 e. The van der Waals surface area contributed by atoms with E-state index in [0.29, 0.717) is 17.9 Å². The topological polar surface area (TPSA) is 92.0 Å². The molecule has 0 bridgehead atoms. The third kappa shape index (κ3) is 6.90. The van der Waals surface area contributed by atoms with E-state index in [0.717, 1.165) is 64.9 Å². The molecule has 4 rings (SSSR count). The Morgan fingerprint density at radius 2 is 1.90 bits per heavy atom. The van der Waals surface area contributed by atoms with Crippen LogP contribution in [0, 0.1) is 0 Å². The Labute approximate surface area is 186 Å². The molecule has 4 heterocycles. The van der Waals surface area contributed by atoms with Crippen molar-refractivity contribution in [3.63, 3.8) is 0 Å². The predicted octanol–water partition coefficient (Wildman–Crippen LogP) is 1.85. The van der Waals surface area contributed by atoms with Gasteiger partial charge in [0.15, 0.2) is 0 Å². The molecule has 8 heteroatoms. The van der Waals surface area contributed by atoms with Crippen molar-refractivity contribution >= 4 is 18.0 Å². The van der Waals surface area contributed by atoms with Gasteiger partial charge in [-0.1, -0.05) is 13.3 Å². The van der Waals surface area contributed by atoms with E-state index in [4.69, 9.17) is 4.74 Å². The van der Waals surface area contributed by atoms with E-state index in [2.05, 4.69) is 28.6 Å². The van der Waals surface area contributed by atoms with Gasteiger partial charge in [-0.3, -0.25) is 14.6 Å². The molecule has 1 aromatic heterocycles. The minimum Gasteiger partial charge on any atom is -0.378 e. The Kier molecular flexibility index (Phi) is 10.7. The third-order valence-electron chi connectivity index (χ3n) is 6.05. The molecule has 174 valence electrons. The van der Waals surface area contributed by atoms with Crippen molar-refractivity contribution in [1.82, 2.24) is 14.8 Å². The standard InChI is InChI=1S/C13H17N3O2.C9H17NO.CH5N/c1-18-11-7-16(8-11)13-2-3-14-4-12(13)10-5-15(6-10)9-17;1-2-3-6-9(11)10-7-4-5-8-10;1-2/h2-4,9-11H,5-8H2,1H3;2-8H2,1H3;2H2,1H3. The molecule has 8 nitrogen and oxygen atoms in total. The lowest BCUT2D eigenvalue weighted by Crippen LogP contribution is -2.53. The normalized spacial score (nSPS) is 18.3. The van der Waals surface area contributed by atoms with Gasteiger partial charge in [-0.25, -0.2) is 0 Å². The number of carbonyl (C=O) groups is 2. The monoisotopic (exact) mass is 433 g/mol. The highest BCUT2D eigenvalue weighted by Crippen LogP contribution is 2.34. The van der Waals surface area contributed by atoms with Gasteiger partial charge in [0.1, 0.15) is 0 Å². The van der Waals surface area contributed by atoms with E-state index in [1.165, 1.54) is 31.1 Å². The number of unbranched alkanes of at least 4 members (excludes halogenated alkanes) is 1. The van der Waals surface area contributed by atoms with Crippen molar-refractivity contribution < 1.29 is 14.3 Å². The number of methoxy groups -OCH3 is 1. The minimum atomic E-state index is 0.346. The van der Waals surface area contributed by atoms with Crippen LogP contribution >= 0.6 is 0 Å². The fraction of sp³-hybridized carbons (Fsp3) is 0.696. The van der Waals surface area contributed by atoms with E-state index in [-0.39, 0.29) is 0 Å². The summed E-state index contributed by atoms with van der Waals surface area (Å²) in [6, 6.07) is 2.06. The molecule has 3 aliphatic heterocycles. The van der Waals surface area contributed by atoms with E-state index in [1.54, 1.807) is 12.0 Å². The molecule has 0 saturated carbocycles. The molecule has 2 amide bonds. The number of ether oxygens (including phenoxy) is 1. The predicted molar refractivity (Wildman–Crippen MR) is 123 cm³/mol. The van der Waals surface area contributed by atoms with Crippen LogP contribution in [0.15, 0.2) is 18.5 Å². The lowest BCUT2D eigenvalue weighted by atomic mass is 9.91. The van der Waals surface area contributed by atoms with Crippen molar-refractivity contribution in [2.75, 3.05) is 58.3 Å². The van der Waals surface area contributed by atoms with Gasteiger partial charge in [-0.05, 0) is 32.4 Å². The van der Waals surface area contributed by atoms with Gasteiger partial charge in [0.2, 0.25) is 12.3 Å². The molecule has 0 unspecified atom stereocenters. The molecule has 0 spiro atoms. The number of hydrogen-bond acceptors (Lipinski definition) is 6. The molecular formula is C23H39N5O3. The van der Waals surface area contributed by atoms with Crippen LogP contribution in [-0.2, 0) is 14.3 Å². The van der Waals surface area contributed by atoms with Crippen molar-refractivity contribution in [3.8, 4) is 0 Å². The third-order valence-corrected chi connectivity index (χ3v) is 6.05. The van der Waals surface area contributed by atoms with E-state index < -0.39 is 0 Å². The van der Waals surface area contributed by atoms with Crippen LogP contribution in [0.25, 0.3) is 0 Å². The summed E-state index contributed by atoms with van der Waals surface area (Å²) in [4.78, 5) is 32.3. The fourth-order valence-corrected chi connectivity index (χ4v) is 4.03.